The van der Waals surface area contributed by atoms with E-state index >= 15 is 0 Å². The fraction of sp³-hybridized carbons (Fsp3) is 0.625. The van der Waals surface area contributed by atoms with Gasteiger partial charge in [-0.1, -0.05) is 18.6 Å². The van der Waals surface area contributed by atoms with Crippen LogP contribution in [0.2, 0.25) is 0 Å². The van der Waals surface area contributed by atoms with E-state index < -0.39 is 0 Å². The van der Waals surface area contributed by atoms with Crippen LogP contribution in [0.25, 0.3) is 0 Å². The average Bonchev–Trinajstić information content (AvgIpc) is 1.91. The van der Waals surface area contributed by atoms with Crippen molar-refractivity contribution < 1.29 is 18.9 Å². The number of hydrogen-bond acceptors (Lipinski definition) is 1. The van der Waals surface area contributed by atoms with Gasteiger partial charge in [-0.05, 0) is 6.42 Å². The summed E-state index contributed by atoms with van der Waals surface area (Å²) >= 11 is 0. The maximum Gasteiger partial charge on any atom is 1.00 e. The van der Waals surface area contributed by atoms with Crippen LogP contribution in [0.15, 0.2) is 12.2 Å². The Balaban J connectivity index is 0.000000810. The summed E-state index contributed by atoms with van der Waals surface area (Å²) in [5, 5.41) is 3.39. The van der Waals surface area contributed by atoms with E-state index in [2.05, 4.69) is 24.4 Å². The van der Waals surface area contributed by atoms with Crippen LogP contribution in [-0.2, 0) is 0 Å². The van der Waals surface area contributed by atoms with Crippen LogP contribution >= 0.6 is 0 Å². The molecule has 1 aliphatic heterocycles. The molecule has 0 aliphatic carbocycles. The van der Waals surface area contributed by atoms with E-state index in [1.165, 1.54) is 12.8 Å². The largest absolute Gasteiger partial charge is 1.00 e. The van der Waals surface area contributed by atoms with Crippen molar-refractivity contribution in [2.24, 2.45) is 0 Å². The molecule has 10 heavy (non-hydrogen) atoms. The van der Waals surface area contributed by atoms with Crippen molar-refractivity contribution in [3.05, 3.63) is 19.1 Å². The normalized spacial score (nSPS) is 23.9. The summed E-state index contributed by atoms with van der Waals surface area (Å²) in [6, 6.07) is 0.701. The van der Waals surface area contributed by atoms with Crippen molar-refractivity contribution in [2.45, 2.75) is 25.3 Å². The molecule has 0 spiro atoms. The van der Waals surface area contributed by atoms with E-state index in [0.717, 1.165) is 13.0 Å². The van der Waals surface area contributed by atoms with Gasteiger partial charge in [0, 0.05) is 12.6 Å². The first-order chi connectivity index (χ1) is 4.43. The summed E-state index contributed by atoms with van der Waals surface area (Å²) in [4.78, 5) is 0. The van der Waals surface area contributed by atoms with Gasteiger partial charge >= 0.3 is 18.9 Å². The van der Waals surface area contributed by atoms with Gasteiger partial charge in [0.1, 0.15) is 0 Å². The molecule has 52 valence electrons. The van der Waals surface area contributed by atoms with Crippen LogP contribution in [-0.4, -0.2) is 12.6 Å². The van der Waals surface area contributed by atoms with Crippen LogP contribution in [0.1, 0.15) is 19.3 Å². The zero-order valence-electron chi connectivity index (χ0n) is 6.77. The topological polar surface area (TPSA) is 12.0 Å². The fourth-order valence-corrected chi connectivity index (χ4v) is 1.13. The van der Waals surface area contributed by atoms with E-state index in [0.29, 0.717) is 6.04 Å². The van der Waals surface area contributed by atoms with Crippen molar-refractivity contribution in [2.75, 3.05) is 6.54 Å². The second-order valence-corrected chi connectivity index (χ2v) is 2.45. The van der Waals surface area contributed by atoms with Gasteiger partial charge in [-0.3, -0.25) is 0 Å². The molecule has 0 radical (unpaired) electrons. The Kier molecular flexibility index (Phi) is 6.22. The van der Waals surface area contributed by atoms with Gasteiger partial charge in [0.25, 0.3) is 0 Å². The van der Waals surface area contributed by atoms with Gasteiger partial charge in [-0.15, -0.1) is 0 Å². The molecule has 1 rings (SSSR count). The first-order valence-corrected chi connectivity index (χ1v) is 3.61. The molecule has 1 atom stereocenters. The Morgan fingerprint density at radius 2 is 2.30 bits per heavy atom. The maximum atomic E-state index is 3.82. The van der Waals surface area contributed by atoms with Crippen molar-refractivity contribution in [1.29, 1.82) is 0 Å². The smallest absolute Gasteiger partial charge is 0.343 e. The van der Waals surface area contributed by atoms with Gasteiger partial charge in [-0.25, -0.2) is 0 Å². The predicted molar refractivity (Wildman–Crippen MR) is 40.1 cm³/mol. The van der Waals surface area contributed by atoms with Crippen LogP contribution in [0, 0.1) is 6.92 Å². The van der Waals surface area contributed by atoms with Gasteiger partial charge in [0.05, 0.1) is 0 Å². The fourth-order valence-electron chi connectivity index (χ4n) is 1.13. The minimum atomic E-state index is 0. The van der Waals surface area contributed by atoms with E-state index in [1.54, 1.807) is 0 Å². The van der Waals surface area contributed by atoms with Gasteiger partial charge in [0.15, 0.2) is 0 Å². The van der Waals surface area contributed by atoms with Crippen LogP contribution in [0.5, 0.6) is 0 Å². The predicted octanol–water partition coefficient (Wildman–Crippen LogP) is -1.48. The first kappa shape index (κ1) is 10.3. The minimum absolute atomic E-state index is 0. The quantitative estimate of drug-likeness (QED) is 0.274. The summed E-state index contributed by atoms with van der Waals surface area (Å²) in [6.07, 6.45) is 7.88. The molecule has 0 aromatic heterocycles. The molecular weight excluding hydrogens is 117 g/mol. The van der Waals surface area contributed by atoms with Gasteiger partial charge in [0.2, 0.25) is 0 Å². The first-order valence-electron chi connectivity index (χ1n) is 3.61. The Morgan fingerprint density at radius 1 is 1.50 bits per heavy atom. The molecule has 2 heteroatoms. The van der Waals surface area contributed by atoms with E-state index in [1.807, 2.05) is 0 Å². The van der Waals surface area contributed by atoms with Crippen LogP contribution in [0.4, 0.5) is 0 Å². The Hall–Kier alpha value is 0.297. The summed E-state index contributed by atoms with van der Waals surface area (Å²) in [6.45, 7) is 4.86. The van der Waals surface area contributed by atoms with Gasteiger partial charge in [-0.2, -0.15) is 6.42 Å². The summed E-state index contributed by atoms with van der Waals surface area (Å²) in [7, 11) is 0. The van der Waals surface area contributed by atoms with E-state index in [4.69, 9.17) is 0 Å². The number of nitrogens with one attached hydrogen (secondary N) is 1. The molecule has 0 fully saturated rings. The minimum Gasteiger partial charge on any atom is -0.343 e. The molecule has 0 saturated heterocycles. The monoisotopic (exact) mass is 131 g/mol. The molecule has 0 saturated carbocycles. The molecular formula is C8H14LiN. The maximum absolute atomic E-state index is 3.82. The molecule has 0 aromatic carbocycles. The third-order valence-corrected chi connectivity index (χ3v) is 1.66. The molecule has 1 nitrogen and oxygen atoms in total. The van der Waals surface area contributed by atoms with Crippen molar-refractivity contribution in [3.8, 4) is 0 Å². The Morgan fingerprint density at radius 3 is 2.80 bits per heavy atom. The SMILES string of the molecule is [CH2-]CCC1CC=CCN1.[Li+]. The number of rotatable bonds is 2. The van der Waals surface area contributed by atoms with Gasteiger partial charge < -0.3 is 12.2 Å². The second-order valence-electron chi connectivity index (χ2n) is 2.45. The summed E-state index contributed by atoms with van der Waals surface area (Å²) in [5.74, 6) is 0. The zero-order valence-corrected chi connectivity index (χ0v) is 6.77. The van der Waals surface area contributed by atoms with E-state index in [9.17, 15) is 0 Å². The molecule has 1 heterocycles. The standard InChI is InChI=1S/C8H14N.Li/c1-2-5-8-6-3-4-7-9-8;/h3-4,8-9H,1-2,5-7H2;/q-1;+1. The molecule has 1 N–H and O–H groups in total. The summed E-state index contributed by atoms with van der Waals surface area (Å²) < 4.78 is 0. The Bertz CT molecular complexity index is 101. The van der Waals surface area contributed by atoms with Crippen molar-refractivity contribution in [1.82, 2.24) is 5.32 Å². The average molecular weight is 131 g/mol. The van der Waals surface area contributed by atoms with Crippen molar-refractivity contribution >= 4 is 0 Å². The molecule has 0 amide bonds. The molecule has 0 bridgehead atoms. The number of hydrogen-bond donors (Lipinski definition) is 1. The Labute approximate surface area is 75.4 Å². The van der Waals surface area contributed by atoms with Crippen molar-refractivity contribution in [3.63, 3.8) is 0 Å². The third-order valence-electron chi connectivity index (χ3n) is 1.66. The molecule has 1 aliphatic rings. The molecule has 0 aromatic rings. The van der Waals surface area contributed by atoms with Crippen LogP contribution in [0.3, 0.4) is 0 Å². The molecule has 1 unspecified atom stereocenters. The zero-order chi connectivity index (χ0) is 6.53. The van der Waals surface area contributed by atoms with E-state index in [-0.39, 0.29) is 18.9 Å². The summed E-state index contributed by atoms with van der Waals surface area (Å²) in [5.41, 5.74) is 0. The van der Waals surface area contributed by atoms with Crippen LogP contribution < -0.4 is 24.2 Å². The second kappa shape index (κ2) is 6.04. The third kappa shape index (κ3) is 3.46.